The number of ether oxygens (including phenoxy) is 2. The molecule has 0 heterocycles. The van der Waals surface area contributed by atoms with Crippen LogP contribution < -0.4 is 15.2 Å². The maximum Gasteiger partial charge on any atom is 0.256 e. The Labute approximate surface area is 86.6 Å². The first-order valence-electron chi connectivity index (χ1n) is 3.82. The molecule has 0 aliphatic heterocycles. The highest BCUT2D eigenvalue weighted by molar-refractivity contribution is 6.32. The number of benzene rings is 1. The average Bonchev–Trinajstić information content (AvgIpc) is 2.17. The highest BCUT2D eigenvalue weighted by Crippen LogP contribution is 2.34. The molecule has 2 N–H and O–H groups in total. The van der Waals surface area contributed by atoms with Crippen molar-refractivity contribution < 1.29 is 14.3 Å². The van der Waals surface area contributed by atoms with Gasteiger partial charge in [-0.3, -0.25) is 4.79 Å². The number of hydrogen-bond donors (Lipinski definition) is 1. The van der Waals surface area contributed by atoms with Gasteiger partial charge < -0.3 is 15.2 Å². The predicted octanol–water partition coefficient (Wildman–Crippen LogP) is 1.46. The van der Waals surface area contributed by atoms with E-state index < -0.39 is 5.91 Å². The third-order valence-corrected chi connectivity index (χ3v) is 2.04. The van der Waals surface area contributed by atoms with Crippen LogP contribution in [0, 0.1) is 0 Å². The minimum absolute atomic E-state index is 0.155. The molecule has 5 heteroatoms. The van der Waals surface area contributed by atoms with Crippen LogP contribution in [0.25, 0.3) is 0 Å². The molecular weight excluding hydrogens is 206 g/mol. The number of amides is 1. The largest absolute Gasteiger partial charge is 0.496 e. The quantitative estimate of drug-likeness (QED) is 0.830. The number of carbonyl (C=O) groups is 1. The monoisotopic (exact) mass is 215 g/mol. The molecule has 0 aromatic heterocycles. The number of carbonyl (C=O) groups excluding carboxylic acids is 1. The van der Waals surface area contributed by atoms with Gasteiger partial charge >= 0.3 is 0 Å². The summed E-state index contributed by atoms with van der Waals surface area (Å²) >= 11 is 5.81. The number of nitrogens with two attached hydrogens (primary N) is 1. The zero-order valence-corrected chi connectivity index (χ0v) is 8.59. The number of halogens is 1. The van der Waals surface area contributed by atoms with Crippen LogP contribution in [0.4, 0.5) is 0 Å². The summed E-state index contributed by atoms with van der Waals surface area (Å²) in [5.74, 6) is -0.0570. The topological polar surface area (TPSA) is 61.6 Å². The maximum atomic E-state index is 11.1. The highest BCUT2D eigenvalue weighted by Gasteiger charge is 2.18. The Balaban J connectivity index is 3.43. The van der Waals surface area contributed by atoms with E-state index in [1.54, 1.807) is 12.1 Å². The number of hydrogen-bond acceptors (Lipinski definition) is 3. The molecule has 0 saturated heterocycles. The lowest BCUT2D eigenvalue weighted by Gasteiger charge is -2.11. The van der Waals surface area contributed by atoms with Crippen molar-refractivity contribution in [2.45, 2.75) is 0 Å². The van der Waals surface area contributed by atoms with Crippen molar-refractivity contribution in [3.8, 4) is 11.5 Å². The van der Waals surface area contributed by atoms with Gasteiger partial charge in [0.15, 0.2) is 5.75 Å². The van der Waals surface area contributed by atoms with E-state index in [1.165, 1.54) is 14.2 Å². The van der Waals surface area contributed by atoms with Crippen molar-refractivity contribution in [2.24, 2.45) is 5.73 Å². The van der Waals surface area contributed by atoms with Crippen LogP contribution in [0.5, 0.6) is 11.5 Å². The summed E-state index contributed by atoms with van der Waals surface area (Å²) in [5, 5.41) is 0.321. The number of methoxy groups -OCH3 is 2. The fourth-order valence-electron chi connectivity index (χ4n) is 1.14. The van der Waals surface area contributed by atoms with E-state index in [9.17, 15) is 4.79 Å². The van der Waals surface area contributed by atoms with Crippen molar-refractivity contribution in [2.75, 3.05) is 14.2 Å². The summed E-state index contributed by atoms with van der Waals surface area (Å²) in [6.45, 7) is 0. The van der Waals surface area contributed by atoms with E-state index >= 15 is 0 Å². The van der Waals surface area contributed by atoms with Gasteiger partial charge in [-0.05, 0) is 12.1 Å². The lowest BCUT2D eigenvalue weighted by molar-refractivity contribution is 0.0994. The molecule has 4 nitrogen and oxygen atoms in total. The van der Waals surface area contributed by atoms with Crippen molar-refractivity contribution in [3.05, 3.63) is 22.7 Å². The molecule has 0 saturated carbocycles. The van der Waals surface area contributed by atoms with E-state index in [2.05, 4.69) is 0 Å². The summed E-state index contributed by atoms with van der Waals surface area (Å²) in [4.78, 5) is 11.1. The first-order chi connectivity index (χ1) is 6.61. The van der Waals surface area contributed by atoms with Gasteiger partial charge in [-0.1, -0.05) is 11.6 Å². The number of rotatable bonds is 3. The Bertz CT molecular complexity index is 365. The standard InChI is InChI=1S/C9H10ClNO3/c1-13-6-4-3-5(10)8(14-2)7(6)9(11)12/h3-4H,1-2H3,(H2,11,12). The minimum atomic E-state index is -0.638. The molecule has 1 amide bonds. The van der Waals surface area contributed by atoms with Crippen molar-refractivity contribution >= 4 is 17.5 Å². The molecule has 1 rings (SSSR count). The Morgan fingerprint density at radius 3 is 2.43 bits per heavy atom. The van der Waals surface area contributed by atoms with Crippen LogP contribution in [0.2, 0.25) is 5.02 Å². The van der Waals surface area contributed by atoms with Gasteiger partial charge in [-0.15, -0.1) is 0 Å². The van der Waals surface area contributed by atoms with E-state index in [0.717, 1.165) is 0 Å². The van der Waals surface area contributed by atoms with Crippen LogP contribution in [-0.4, -0.2) is 20.1 Å². The van der Waals surface area contributed by atoms with Crippen LogP contribution in [0.15, 0.2) is 12.1 Å². The molecule has 76 valence electrons. The molecule has 14 heavy (non-hydrogen) atoms. The third-order valence-electron chi connectivity index (χ3n) is 1.74. The molecule has 0 radical (unpaired) electrons. The van der Waals surface area contributed by atoms with Gasteiger partial charge in [0, 0.05) is 0 Å². The van der Waals surface area contributed by atoms with Crippen LogP contribution in [-0.2, 0) is 0 Å². The van der Waals surface area contributed by atoms with Gasteiger partial charge in [0.2, 0.25) is 0 Å². The lowest BCUT2D eigenvalue weighted by Crippen LogP contribution is -2.14. The van der Waals surface area contributed by atoms with Crippen molar-refractivity contribution in [3.63, 3.8) is 0 Å². The highest BCUT2D eigenvalue weighted by atomic mass is 35.5. The molecular formula is C9H10ClNO3. The van der Waals surface area contributed by atoms with Gasteiger partial charge in [-0.2, -0.15) is 0 Å². The molecule has 1 aromatic carbocycles. The Morgan fingerprint density at radius 1 is 1.36 bits per heavy atom. The van der Waals surface area contributed by atoms with Crippen molar-refractivity contribution in [1.29, 1.82) is 0 Å². The molecule has 0 aliphatic carbocycles. The molecule has 1 aromatic rings. The summed E-state index contributed by atoms with van der Waals surface area (Å²) in [5.41, 5.74) is 5.33. The molecule has 0 spiro atoms. The SMILES string of the molecule is COc1ccc(Cl)c(OC)c1C(N)=O. The molecule has 0 bridgehead atoms. The van der Waals surface area contributed by atoms with E-state index in [-0.39, 0.29) is 11.3 Å². The van der Waals surface area contributed by atoms with Crippen LogP contribution >= 0.6 is 11.6 Å². The molecule has 0 aliphatic rings. The molecule has 0 fully saturated rings. The fraction of sp³-hybridized carbons (Fsp3) is 0.222. The van der Waals surface area contributed by atoms with Crippen molar-refractivity contribution in [1.82, 2.24) is 0 Å². The van der Waals surface area contributed by atoms with Gasteiger partial charge in [0.05, 0.1) is 19.2 Å². The Morgan fingerprint density at radius 2 is 2.00 bits per heavy atom. The zero-order valence-electron chi connectivity index (χ0n) is 7.83. The summed E-state index contributed by atoms with van der Waals surface area (Å²) < 4.78 is 9.93. The number of primary amides is 1. The van der Waals surface area contributed by atoms with E-state index in [0.29, 0.717) is 10.8 Å². The average molecular weight is 216 g/mol. The van der Waals surface area contributed by atoms with Crippen LogP contribution in [0.1, 0.15) is 10.4 Å². The normalized spacial score (nSPS) is 9.64. The Kier molecular flexibility index (Phi) is 3.19. The Hall–Kier alpha value is -1.42. The summed E-state index contributed by atoms with van der Waals surface area (Å²) in [6, 6.07) is 3.14. The fourth-order valence-corrected chi connectivity index (χ4v) is 1.38. The smallest absolute Gasteiger partial charge is 0.256 e. The predicted molar refractivity (Wildman–Crippen MR) is 53.1 cm³/mol. The molecule has 0 atom stereocenters. The van der Waals surface area contributed by atoms with Crippen LogP contribution in [0.3, 0.4) is 0 Å². The first-order valence-corrected chi connectivity index (χ1v) is 4.20. The van der Waals surface area contributed by atoms with Gasteiger partial charge in [0.1, 0.15) is 11.3 Å². The zero-order chi connectivity index (χ0) is 10.7. The van der Waals surface area contributed by atoms with E-state index in [4.69, 9.17) is 26.8 Å². The van der Waals surface area contributed by atoms with Gasteiger partial charge in [0.25, 0.3) is 5.91 Å². The second-order valence-corrected chi connectivity index (χ2v) is 2.93. The summed E-state index contributed by atoms with van der Waals surface area (Å²) in [7, 11) is 2.85. The van der Waals surface area contributed by atoms with Gasteiger partial charge in [-0.25, -0.2) is 0 Å². The molecule has 0 unspecified atom stereocenters. The third kappa shape index (κ3) is 1.75. The van der Waals surface area contributed by atoms with E-state index in [1.807, 2.05) is 0 Å². The minimum Gasteiger partial charge on any atom is -0.496 e. The second kappa shape index (κ2) is 4.19. The first kappa shape index (κ1) is 10.7. The lowest BCUT2D eigenvalue weighted by atomic mass is 10.1. The maximum absolute atomic E-state index is 11.1. The second-order valence-electron chi connectivity index (χ2n) is 2.52. The summed E-state index contributed by atoms with van der Waals surface area (Å²) in [6.07, 6.45) is 0.